The third kappa shape index (κ3) is 5.52. The number of hydrogen-bond donors (Lipinski definition) is 1. The van der Waals surface area contributed by atoms with E-state index >= 15 is 0 Å². The van der Waals surface area contributed by atoms with Crippen molar-refractivity contribution in [2.45, 2.75) is 19.0 Å². The maximum absolute atomic E-state index is 13.0. The molecule has 1 aliphatic rings. The van der Waals surface area contributed by atoms with Crippen LogP contribution in [0.5, 0.6) is 5.75 Å². The van der Waals surface area contributed by atoms with Crippen LogP contribution >= 0.6 is 0 Å². The number of para-hydroxylation sites is 1. The van der Waals surface area contributed by atoms with E-state index in [9.17, 15) is 22.8 Å². The number of ether oxygens (including phenoxy) is 1. The minimum absolute atomic E-state index is 0.196. The van der Waals surface area contributed by atoms with Gasteiger partial charge >= 0.3 is 6.18 Å². The summed E-state index contributed by atoms with van der Waals surface area (Å²) in [6.45, 7) is 0.980. The van der Waals surface area contributed by atoms with Crippen molar-refractivity contribution in [3.8, 4) is 5.75 Å². The Morgan fingerprint density at radius 3 is 2.57 bits per heavy atom. The average molecular weight is 424 g/mol. The number of carbonyl (C=O) groups excluding carboxylic acids is 2. The Morgan fingerprint density at radius 2 is 1.93 bits per heavy atom. The van der Waals surface area contributed by atoms with E-state index in [1.54, 1.807) is 22.8 Å². The van der Waals surface area contributed by atoms with Crippen LogP contribution < -0.4 is 10.1 Å². The van der Waals surface area contributed by atoms with E-state index in [-0.39, 0.29) is 23.5 Å². The molecule has 1 N–H and O–H groups in total. The van der Waals surface area contributed by atoms with Gasteiger partial charge in [0, 0.05) is 32.9 Å². The Morgan fingerprint density at radius 1 is 1.23 bits per heavy atom. The number of nitrogens with zero attached hydrogens (tertiary/aromatic N) is 3. The zero-order valence-corrected chi connectivity index (χ0v) is 16.5. The highest BCUT2D eigenvalue weighted by molar-refractivity contribution is 5.93. The van der Waals surface area contributed by atoms with Crippen molar-refractivity contribution in [1.82, 2.24) is 20.0 Å². The fourth-order valence-corrected chi connectivity index (χ4v) is 3.32. The lowest BCUT2D eigenvalue weighted by molar-refractivity contribution is -0.141. The Kier molecular flexibility index (Phi) is 6.63. The fraction of sp³-hybridized carbons (Fsp3) is 0.450. The summed E-state index contributed by atoms with van der Waals surface area (Å²) in [4.78, 5) is 26.0. The number of aryl methyl sites for hydroxylation is 1. The minimum Gasteiger partial charge on any atom is -0.483 e. The van der Waals surface area contributed by atoms with E-state index < -0.39 is 18.3 Å². The van der Waals surface area contributed by atoms with Crippen LogP contribution in [0, 0.1) is 5.92 Å². The fourth-order valence-electron chi connectivity index (χ4n) is 3.32. The molecule has 7 nitrogen and oxygen atoms in total. The Balaban J connectivity index is 1.43. The van der Waals surface area contributed by atoms with E-state index in [2.05, 4.69) is 10.4 Å². The second-order valence-electron chi connectivity index (χ2n) is 7.22. The van der Waals surface area contributed by atoms with Gasteiger partial charge in [0.05, 0.1) is 17.3 Å². The van der Waals surface area contributed by atoms with E-state index in [1.165, 1.54) is 24.4 Å². The number of aromatic nitrogens is 2. The number of benzene rings is 1. The van der Waals surface area contributed by atoms with E-state index in [0.717, 1.165) is 6.07 Å². The molecule has 2 aromatic rings. The molecule has 10 heteroatoms. The van der Waals surface area contributed by atoms with Gasteiger partial charge in [-0.25, -0.2) is 0 Å². The topological polar surface area (TPSA) is 76.5 Å². The maximum Gasteiger partial charge on any atom is 0.419 e. The van der Waals surface area contributed by atoms with Crippen molar-refractivity contribution in [2.24, 2.45) is 13.0 Å². The van der Waals surface area contributed by atoms with Gasteiger partial charge in [0.15, 0.2) is 6.61 Å². The van der Waals surface area contributed by atoms with E-state index in [1.807, 2.05) is 0 Å². The van der Waals surface area contributed by atoms with Gasteiger partial charge in [-0.3, -0.25) is 14.3 Å². The molecule has 0 spiro atoms. The maximum atomic E-state index is 13.0. The van der Waals surface area contributed by atoms with Crippen LogP contribution in [0.25, 0.3) is 0 Å². The lowest BCUT2D eigenvalue weighted by Gasteiger charge is -2.32. The molecule has 1 aliphatic heterocycles. The normalized spacial score (nSPS) is 15.1. The van der Waals surface area contributed by atoms with Crippen molar-refractivity contribution >= 4 is 11.8 Å². The third-order valence-corrected chi connectivity index (χ3v) is 5.03. The minimum atomic E-state index is -4.54. The van der Waals surface area contributed by atoms with Gasteiger partial charge in [-0.1, -0.05) is 12.1 Å². The number of amides is 2. The van der Waals surface area contributed by atoms with Crippen LogP contribution in [0.4, 0.5) is 13.2 Å². The van der Waals surface area contributed by atoms with E-state index in [0.29, 0.717) is 38.0 Å². The second kappa shape index (κ2) is 9.19. The number of halogens is 3. The molecular weight excluding hydrogens is 401 g/mol. The average Bonchev–Trinajstić information content (AvgIpc) is 3.16. The van der Waals surface area contributed by atoms with Gasteiger partial charge in [-0.15, -0.1) is 0 Å². The van der Waals surface area contributed by atoms with Crippen LogP contribution in [0.2, 0.25) is 0 Å². The molecule has 0 atom stereocenters. The largest absolute Gasteiger partial charge is 0.483 e. The first-order valence-corrected chi connectivity index (χ1v) is 9.57. The van der Waals surface area contributed by atoms with Crippen LogP contribution in [0.3, 0.4) is 0 Å². The predicted octanol–water partition coefficient (Wildman–Crippen LogP) is 2.49. The number of piperidine rings is 1. The lowest BCUT2D eigenvalue weighted by Crippen LogP contribution is -2.43. The molecule has 0 aliphatic carbocycles. The quantitative estimate of drug-likeness (QED) is 0.773. The molecule has 1 aromatic heterocycles. The standard InChI is InChI=1S/C20H23F3N4O3/c1-26-12-15(11-25-26)19(29)24-10-14-6-8-27(9-7-14)18(28)13-30-17-5-3-2-4-16(17)20(21,22)23/h2-5,11-12,14H,6-10,13H2,1H3,(H,24,29). The molecule has 0 unspecified atom stereocenters. The van der Waals surface area contributed by atoms with Crippen LogP contribution in [-0.2, 0) is 18.0 Å². The van der Waals surface area contributed by atoms with Gasteiger partial charge in [-0.05, 0) is 30.9 Å². The number of hydrogen-bond acceptors (Lipinski definition) is 4. The molecule has 2 heterocycles. The summed E-state index contributed by atoms with van der Waals surface area (Å²) >= 11 is 0. The highest BCUT2D eigenvalue weighted by Crippen LogP contribution is 2.35. The summed E-state index contributed by atoms with van der Waals surface area (Å²) in [5.41, 5.74) is -0.415. The monoisotopic (exact) mass is 424 g/mol. The lowest BCUT2D eigenvalue weighted by atomic mass is 9.96. The zero-order valence-electron chi connectivity index (χ0n) is 16.5. The van der Waals surface area contributed by atoms with Crippen molar-refractivity contribution in [3.63, 3.8) is 0 Å². The van der Waals surface area contributed by atoms with E-state index in [4.69, 9.17) is 4.74 Å². The van der Waals surface area contributed by atoms with Crippen LogP contribution in [0.15, 0.2) is 36.7 Å². The SMILES string of the molecule is Cn1cc(C(=O)NCC2CCN(C(=O)COc3ccccc3C(F)(F)F)CC2)cn1. The molecule has 30 heavy (non-hydrogen) atoms. The highest BCUT2D eigenvalue weighted by atomic mass is 19.4. The molecule has 0 radical (unpaired) electrons. The number of alkyl halides is 3. The molecule has 1 aromatic carbocycles. The summed E-state index contributed by atoms with van der Waals surface area (Å²) in [7, 11) is 1.73. The molecule has 0 bridgehead atoms. The second-order valence-corrected chi connectivity index (χ2v) is 7.22. The van der Waals surface area contributed by atoms with Crippen molar-refractivity contribution in [2.75, 3.05) is 26.2 Å². The Bertz CT molecular complexity index is 889. The van der Waals surface area contributed by atoms with Crippen molar-refractivity contribution < 1.29 is 27.5 Å². The molecule has 1 saturated heterocycles. The third-order valence-electron chi connectivity index (χ3n) is 5.03. The summed E-state index contributed by atoms with van der Waals surface area (Å²) in [6, 6.07) is 4.83. The molecule has 3 rings (SSSR count). The Labute approximate surface area is 171 Å². The first-order chi connectivity index (χ1) is 14.2. The number of nitrogens with one attached hydrogen (secondary N) is 1. The van der Waals surface area contributed by atoms with Crippen molar-refractivity contribution in [1.29, 1.82) is 0 Å². The zero-order chi connectivity index (χ0) is 21.7. The van der Waals surface area contributed by atoms with Gasteiger partial charge in [0.25, 0.3) is 11.8 Å². The first kappa shape index (κ1) is 21.7. The number of likely N-dealkylation sites (tertiary alicyclic amines) is 1. The summed E-state index contributed by atoms with van der Waals surface area (Å²) < 4.78 is 45.7. The summed E-state index contributed by atoms with van der Waals surface area (Å²) in [5, 5.41) is 6.82. The molecule has 1 fully saturated rings. The Hall–Kier alpha value is -3.04. The van der Waals surface area contributed by atoms with Gasteiger partial charge < -0.3 is 15.0 Å². The van der Waals surface area contributed by atoms with Gasteiger partial charge in [0.1, 0.15) is 5.75 Å². The number of carbonyl (C=O) groups is 2. The molecule has 162 valence electrons. The highest BCUT2D eigenvalue weighted by Gasteiger charge is 2.34. The smallest absolute Gasteiger partial charge is 0.419 e. The summed E-state index contributed by atoms with van der Waals surface area (Å²) in [6.07, 6.45) is -0.0320. The number of rotatable bonds is 6. The molecule has 0 saturated carbocycles. The van der Waals surface area contributed by atoms with Crippen LogP contribution in [-0.4, -0.2) is 52.7 Å². The first-order valence-electron chi connectivity index (χ1n) is 9.57. The van der Waals surface area contributed by atoms with Crippen LogP contribution in [0.1, 0.15) is 28.8 Å². The predicted molar refractivity (Wildman–Crippen MR) is 102 cm³/mol. The van der Waals surface area contributed by atoms with Gasteiger partial charge in [0.2, 0.25) is 0 Å². The summed E-state index contributed by atoms with van der Waals surface area (Å²) in [5.74, 6) is -0.684. The molecular formula is C20H23F3N4O3. The van der Waals surface area contributed by atoms with Gasteiger partial charge in [-0.2, -0.15) is 18.3 Å². The van der Waals surface area contributed by atoms with Crippen molar-refractivity contribution in [3.05, 3.63) is 47.8 Å². The molecule has 2 amide bonds.